The van der Waals surface area contributed by atoms with Gasteiger partial charge in [0.25, 0.3) is 0 Å². The lowest BCUT2D eigenvalue weighted by Crippen LogP contribution is -2.37. The zero-order valence-corrected chi connectivity index (χ0v) is 10.7. The number of nitrogens with one attached hydrogen (secondary N) is 2. The minimum absolute atomic E-state index is 0.0520. The number of benzene rings is 1. The Morgan fingerprint density at radius 3 is 2.76 bits per heavy atom. The minimum atomic E-state index is -0.0520. The average molecular weight is 232 g/mol. The van der Waals surface area contributed by atoms with Gasteiger partial charge in [-0.3, -0.25) is 0 Å². The fourth-order valence-electron chi connectivity index (χ4n) is 2.10. The van der Waals surface area contributed by atoms with E-state index in [-0.39, 0.29) is 6.03 Å². The Bertz CT molecular complexity index is 428. The van der Waals surface area contributed by atoms with Gasteiger partial charge in [-0.05, 0) is 43.9 Å². The van der Waals surface area contributed by atoms with Crippen LogP contribution in [0.4, 0.5) is 4.79 Å². The van der Waals surface area contributed by atoms with Gasteiger partial charge in [-0.25, -0.2) is 4.79 Å². The van der Waals surface area contributed by atoms with Crippen LogP contribution >= 0.6 is 0 Å². The molecule has 0 radical (unpaired) electrons. The van der Waals surface area contributed by atoms with Gasteiger partial charge in [0.15, 0.2) is 0 Å². The van der Waals surface area contributed by atoms with Gasteiger partial charge in [0, 0.05) is 18.5 Å². The largest absolute Gasteiger partial charge is 0.338 e. The van der Waals surface area contributed by atoms with E-state index in [2.05, 4.69) is 42.7 Å². The third-order valence-electron chi connectivity index (χ3n) is 3.40. The monoisotopic (exact) mass is 232 g/mol. The highest BCUT2D eigenvalue weighted by Crippen LogP contribution is 2.41. The summed E-state index contributed by atoms with van der Waals surface area (Å²) in [5.74, 6) is 0.497. The van der Waals surface area contributed by atoms with Crippen molar-refractivity contribution in [3.05, 3.63) is 34.9 Å². The molecule has 0 aromatic heterocycles. The fraction of sp³-hybridized carbons (Fsp3) is 0.500. The molecule has 1 aliphatic rings. The Morgan fingerprint density at radius 1 is 1.35 bits per heavy atom. The van der Waals surface area contributed by atoms with Gasteiger partial charge in [0.2, 0.25) is 0 Å². The lowest BCUT2D eigenvalue weighted by molar-refractivity contribution is 0.241. The van der Waals surface area contributed by atoms with Crippen molar-refractivity contribution >= 4 is 6.03 Å². The van der Waals surface area contributed by atoms with Gasteiger partial charge in [-0.1, -0.05) is 18.2 Å². The highest BCUT2D eigenvalue weighted by Gasteiger charge is 2.39. The Kier molecular flexibility index (Phi) is 3.36. The first-order chi connectivity index (χ1) is 8.11. The quantitative estimate of drug-likeness (QED) is 0.826. The molecule has 2 amide bonds. The molecular weight excluding hydrogens is 212 g/mol. The number of carbonyl (C=O) groups is 1. The Morgan fingerprint density at radius 2 is 2.12 bits per heavy atom. The van der Waals surface area contributed by atoms with Gasteiger partial charge in [0.1, 0.15) is 0 Å². The van der Waals surface area contributed by atoms with Crippen LogP contribution in [0.15, 0.2) is 18.2 Å². The van der Waals surface area contributed by atoms with E-state index in [1.165, 1.54) is 16.7 Å². The van der Waals surface area contributed by atoms with E-state index in [9.17, 15) is 4.79 Å². The molecule has 2 N–H and O–H groups in total. The van der Waals surface area contributed by atoms with Gasteiger partial charge in [-0.2, -0.15) is 0 Å². The standard InChI is InChI=1S/C14H20N2O/c1-4-15-14(17)16-13-8-12(13)11-6-5-9(2)10(3)7-11/h5-7,12-13H,4,8H2,1-3H3,(H2,15,16,17)/t12-,13-/m1/s1. The molecule has 17 heavy (non-hydrogen) atoms. The summed E-state index contributed by atoms with van der Waals surface area (Å²) in [6.45, 7) is 6.85. The molecule has 92 valence electrons. The van der Waals surface area contributed by atoms with Gasteiger partial charge < -0.3 is 10.6 Å². The van der Waals surface area contributed by atoms with Crippen LogP contribution in [0, 0.1) is 13.8 Å². The predicted molar refractivity (Wildman–Crippen MR) is 69.3 cm³/mol. The predicted octanol–water partition coefficient (Wildman–Crippen LogP) is 2.48. The molecule has 0 spiro atoms. The summed E-state index contributed by atoms with van der Waals surface area (Å²) in [5, 5.41) is 5.75. The van der Waals surface area contributed by atoms with Gasteiger partial charge in [0.05, 0.1) is 0 Å². The van der Waals surface area contributed by atoms with Crippen molar-refractivity contribution in [2.45, 2.75) is 39.2 Å². The van der Waals surface area contributed by atoms with Crippen molar-refractivity contribution in [1.82, 2.24) is 10.6 Å². The summed E-state index contributed by atoms with van der Waals surface area (Å²) in [5.41, 5.74) is 3.99. The molecule has 1 aliphatic carbocycles. The zero-order valence-electron chi connectivity index (χ0n) is 10.7. The maximum Gasteiger partial charge on any atom is 0.315 e. The van der Waals surface area contributed by atoms with E-state index < -0.39 is 0 Å². The lowest BCUT2D eigenvalue weighted by atomic mass is 10.0. The van der Waals surface area contributed by atoms with Crippen LogP contribution in [0.25, 0.3) is 0 Å². The summed E-state index contributed by atoms with van der Waals surface area (Å²) in [6, 6.07) is 6.82. The molecule has 0 unspecified atom stereocenters. The van der Waals surface area contributed by atoms with E-state index in [0.29, 0.717) is 18.5 Å². The second-order valence-electron chi connectivity index (χ2n) is 4.80. The van der Waals surface area contributed by atoms with E-state index >= 15 is 0 Å². The first-order valence-electron chi connectivity index (χ1n) is 6.23. The van der Waals surface area contributed by atoms with Gasteiger partial charge in [-0.15, -0.1) is 0 Å². The van der Waals surface area contributed by atoms with Crippen LogP contribution in [-0.2, 0) is 0 Å². The molecule has 1 saturated carbocycles. The number of urea groups is 1. The van der Waals surface area contributed by atoms with Crippen LogP contribution in [0.2, 0.25) is 0 Å². The van der Waals surface area contributed by atoms with E-state index in [1.54, 1.807) is 0 Å². The van der Waals surface area contributed by atoms with E-state index in [0.717, 1.165) is 6.42 Å². The third kappa shape index (κ3) is 2.78. The maximum atomic E-state index is 11.4. The first-order valence-corrected chi connectivity index (χ1v) is 6.23. The number of amides is 2. The number of rotatable bonds is 3. The Labute approximate surface area is 103 Å². The van der Waals surface area contributed by atoms with Crippen LogP contribution in [0.3, 0.4) is 0 Å². The summed E-state index contributed by atoms with van der Waals surface area (Å²) >= 11 is 0. The topological polar surface area (TPSA) is 41.1 Å². The summed E-state index contributed by atoms with van der Waals surface area (Å²) in [6.07, 6.45) is 1.06. The summed E-state index contributed by atoms with van der Waals surface area (Å²) < 4.78 is 0. The molecule has 3 heteroatoms. The molecule has 1 aromatic rings. The second kappa shape index (κ2) is 4.78. The Hall–Kier alpha value is -1.51. The normalized spacial score (nSPS) is 22.1. The zero-order chi connectivity index (χ0) is 12.4. The molecule has 3 nitrogen and oxygen atoms in total. The fourth-order valence-corrected chi connectivity index (χ4v) is 2.10. The maximum absolute atomic E-state index is 11.4. The van der Waals surface area contributed by atoms with E-state index in [1.807, 2.05) is 6.92 Å². The second-order valence-corrected chi connectivity index (χ2v) is 4.80. The van der Waals surface area contributed by atoms with Crippen molar-refractivity contribution in [2.75, 3.05) is 6.54 Å². The number of carbonyl (C=O) groups excluding carboxylic acids is 1. The van der Waals surface area contributed by atoms with Crippen LogP contribution in [0.5, 0.6) is 0 Å². The molecule has 0 heterocycles. The number of hydrogen-bond acceptors (Lipinski definition) is 1. The number of aryl methyl sites for hydroxylation is 2. The highest BCUT2D eigenvalue weighted by atomic mass is 16.2. The summed E-state index contributed by atoms with van der Waals surface area (Å²) in [7, 11) is 0. The molecule has 2 atom stereocenters. The first kappa shape index (κ1) is 12.0. The van der Waals surface area contributed by atoms with Crippen molar-refractivity contribution in [3.8, 4) is 0 Å². The van der Waals surface area contributed by atoms with Crippen LogP contribution in [-0.4, -0.2) is 18.6 Å². The lowest BCUT2D eigenvalue weighted by Gasteiger charge is -2.07. The Balaban J connectivity index is 1.93. The van der Waals surface area contributed by atoms with Crippen molar-refractivity contribution in [2.24, 2.45) is 0 Å². The van der Waals surface area contributed by atoms with E-state index in [4.69, 9.17) is 0 Å². The molecule has 2 rings (SSSR count). The summed E-state index contributed by atoms with van der Waals surface area (Å²) in [4.78, 5) is 11.4. The molecular formula is C14H20N2O. The third-order valence-corrected chi connectivity index (χ3v) is 3.40. The highest BCUT2D eigenvalue weighted by molar-refractivity contribution is 5.74. The molecule has 0 saturated heterocycles. The molecule has 0 aliphatic heterocycles. The average Bonchev–Trinajstić information content (AvgIpc) is 3.01. The SMILES string of the molecule is CCNC(=O)N[C@@H]1C[C@@H]1c1ccc(C)c(C)c1. The number of hydrogen-bond donors (Lipinski definition) is 2. The van der Waals surface area contributed by atoms with Crippen molar-refractivity contribution in [3.63, 3.8) is 0 Å². The smallest absolute Gasteiger partial charge is 0.315 e. The van der Waals surface area contributed by atoms with Gasteiger partial charge >= 0.3 is 6.03 Å². The molecule has 0 bridgehead atoms. The van der Waals surface area contributed by atoms with Crippen LogP contribution < -0.4 is 10.6 Å². The van der Waals surface area contributed by atoms with Crippen LogP contribution in [0.1, 0.15) is 36.0 Å². The minimum Gasteiger partial charge on any atom is -0.338 e. The molecule has 1 fully saturated rings. The molecule has 1 aromatic carbocycles. The van der Waals surface area contributed by atoms with Crippen molar-refractivity contribution < 1.29 is 4.79 Å². The van der Waals surface area contributed by atoms with Crippen molar-refractivity contribution in [1.29, 1.82) is 0 Å².